The number of likely N-dealkylation sites (tertiary alicyclic amines) is 1. The van der Waals surface area contributed by atoms with Crippen molar-refractivity contribution in [2.45, 2.75) is 56.7 Å². The molecule has 0 aliphatic carbocycles. The summed E-state index contributed by atoms with van der Waals surface area (Å²) in [6.45, 7) is 6.28. The van der Waals surface area contributed by atoms with E-state index in [1.165, 1.54) is 23.5 Å². The van der Waals surface area contributed by atoms with E-state index in [2.05, 4.69) is 6.07 Å². The molecule has 1 saturated heterocycles. The third-order valence-corrected chi connectivity index (χ3v) is 7.46. The van der Waals surface area contributed by atoms with E-state index in [9.17, 15) is 13.2 Å². The number of carbonyl (C=O) groups excluding carboxylic acids is 1. The van der Waals surface area contributed by atoms with Gasteiger partial charge in [0.15, 0.2) is 0 Å². The van der Waals surface area contributed by atoms with Crippen molar-refractivity contribution in [2.24, 2.45) is 0 Å². The van der Waals surface area contributed by atoms with Gasteiger partial charge in [-0.2, -0.15) is 9.57 Å². The van der Waals surface area contributed by atoms with E-state index in [0.29, 0.717) is 30.7 Å². The van der Waals surface area contributed by atoms with Crippen molar-refractivity contribution in [3.8, 4) is 11.8 Å². The number of nitrogens with zero attached hydrogens (tertiary/aromatic N) is 3. The van der Waals surface area contributed by atoms with Gasteiger partial charge in [-0.25, -0.2) is 13.2 Å². The van der Waals surface area contributed by atoms with Crippen molar-refractivity contribution >= 4 is 16.1 Å². The van der Waals surface area contributed by atoms with Gasteiger partial charge >= 0.3 is 6.09 Å². The Balaban J connectivity index is 1.93. The molecule has 2 aromatic rings. The zero-order chi connectivity index (χ0) is 24.9. The SMILES string of the molecule is COc1ccc(S(=O)(=O)N(Cc2ccc(C#N)cc2)C2CCCN(C(=O)OC(C)(C)C)C2)cc1. The van der Waals surface area contributed by atoms with Gasteiger partial charge < -0.3 is 14.4 Å². The fourth-order valence-electron chi connectivity index (χ4n) is 3.84. The van der Waals surface area contributed by atoms with Crippen LogP contribution < -0.4 is 4.74 Å². The molecule has 1 fully saturated rings. The first-order chi connectivity index (χ1) is 16.0. The quantitative estimate of drug-likeness (QED) is 0.609. The summed E-state index contributed by atoms with van der Waals surface area (Å²) in [5, 5.41) is 9.08. The molecule has 8 nitrogen and oxygen atoms in total. The number of carbonyl (C=O) groups is 1. The maximum absolute atomic E-state index is 13.8. The van der Waals surface area contributed by atoms with Crippen molar-refractivity contribution in [1.82, 2.24) is 9.21 Å². The van der Waals surface area contributed by atoms with Crippen LogP contribution in [-0.4, -0.2) is 55.6 Å². The number of benzene rings is 2. The summed E-state index contributed by atoms with van der Waals surface area (Å²) in [7, 11) is -2.37. The number of hydrogen-bond acceptors (Lipinski definition) is 6. The lowest BCUT2D eigenvalue weighted by molar-refractivity contribution is 0.0152. The average molecular weight is 486 g/mol. The Morgan fingerprint density at radius 1 is 1.15 bits per heavy atom. The first kappa shape index (κ1) is 25.5. The van der Waals surface area contributed by atoms with Crippen LogP contribution >= 0.6 is 0 Å². The lowest BCUT2D eigenvalue weighted by Gasteiger charge is -2.39. The van der Waals surface area contributed by atoms with Gasteiger partial charge in [-0.3, -0.25) is 0 Å². The molecule has 1 unspecified atom stereocenters. The molecule has 1 aliphatic rings. The summed E-state index contributed by atoms with van der Waals surface area (Å²) in [5.41, 5.74) is 0.619. The number of piperidine rings is 1. The monoisotopic (exact) mass is 485 g/mol. The fourth-order valence-corrected chi connectivity index (χ4v) is 5.47. The Labute approximate surface area is 201 Å². The number of rotatable bonds is 6. The Morgan fingerprint density at radius 2 is 1.79 bits per heavy atom. The summed E-state index contributed by atoms with van der Waals surface area (Å²) in [5.74, 6) is 0.561. The van der Waals surface area contributed by atoms with E-state index in [0.717, 1.165) is 5.56 Å². The van der Waals surface area contributed by atoms with Gasteiger partial charge in [0.25, 0.3) is 0 Å². The van der Waals surface area contributed by atoms with Gasteiger partial charge in [0.2, 0.25) is 10.0 Å². The molecule has 9 heteroatoms. The summed E-state index contributed by atoms with van der Waals surface area (Å²) < 4.78 is 39.7. The molecular weight excluding hydrogens is 454 g/mol. The molecule has 182 valence electrons. The molecule has 34 heavy (non-hydrogen) atoms. The number of amides is 1. The Bertz CT molecular complexity index is 1130. The van der Waals surface area contributed by atoms with Crippen molar-refractivity contribution in [3.05, 3.63) is 59.7 Å². The van der Waals surface area contributed by atoms with Crippen molar-refractivity contribution < 1.29 is 22.7 Å². The minimum absolute atomic E-state index is 0.118. The number of ether oxygens (including phenoxy) is 2. The van der Waals surface area contributed by atoms with Gasteiger partial charge in [0.1, 0.15) is 11.4 Å². The summed E-state index contributed by atoms with van der Waals surface area (Å²) >= 11 is 0. The maximum atomic E-state index is 13.8. The number of hydrogen-bond donors (Lipinski definition) is 0. The Morgan fingerprint density at radius 3 is 2.35 bits per heavy atom. The van der Waals surface area contributed by atoms with Crippen LogP contribution in [0.4, 0.5) is 4.79 Å². The third-order valence-electron chi connectivity index (χ3n) is 5.54. The van der Waals surface area contributed by atoms with Crippen LogP contribution in [0.1, 0.15) is 44.7 Å². The number of sulfonamides is 1. The molecule has 0 bridgehead atoms. The zero-order valence-corrected chi connectivity index (χ0v) is 20.8. The van der Waals surface area contributed by atoms with Crippen LogP contribution in [0.3, 0.4) is 0 Å². The topological polar surface area (TPSA) is 99.9 Å². The molecule has 1 atom stereocenters. The molecule has 0 saturated carbocycles. The molecule has 0 radical (unpaired) electrons. The van der Waals surface area contributed by atoms with E-state index in [-0.39, 0.29) is 18.0 Å². The second-order valence-electron chi connectivity index (χ2n) is 9.26. The van der Waals surface area contributed by atoms with Crippen LogP contribution in [-0.2, 0) is 21.3 Å². The molecule has 0 spiro atoms. The molecule has 1 heterocycles. The summed E-state index contributed by atoms with van der Waals surface area (Å²) in [6.07, 6.45) is 0.828. The molecule has 1 aliphatic heterocycles. The highest BCUT2D eigenvalue weighted by Crippen LogP contribution is 2.28. The van der Waals surface area contributed by atoms with Gasteiger partial charge in [-0.05, 0) is 75.6 Å². The largest absolute Gasteiger partial charge is 0.497 e. The standard InChI is InChI=1S/C25H31N3O5S/c1-25(2,3)33-24(29)27-15-5-6-21(18-27)28(17-20-9-7-19(16-26)8-10-20)34(30,31)23-13-11-22(32-4)12-14-23/h7-14,21H,5-6,15,17-18H2,1-4H3. The van der Waals surface area contributed by atoms with Crippen LogP contribution in [0.2, 0.25) is 0 Å². The number of nitriles is 1. The maximum Gasteiger partial charge on any atom is 0.410 e. The molecule has 1 amide bonds. The Kier molecular flexibility index (Phi) is 7.85. The van der Waals surface area contributed by atoms with Gasteiger partial charge in [0, 0.05) is 25.7 Å². The predicted octanol–water partition coefficient (Wildman–Crippen LogP) is 4.16. The van der Waals surface area contributed by atoms with Crippen molar-refractivity contribution in [2.75, 3.05) is 20.2 Å². The van der Waals surface area contributed by atoms with E-state index in [1.54, 1.807) is 62.1 Å². The van der Waals surface area contributed by atoms with Crippen LogP contribution in [0.15, 0.2) is 53.4 Å². The lowest BCUT2D eigenvalue weighted by atomic mass is 10.1. The molecule has 0 aromatic heterocycles. The van der Waals surface area contributed by atoms with E-state index >= 15 is 0 Å². The zero-order valence-electron chi connectivity index (χ0n) is 20.0. The van der Waals surface area contributed by atoms with Crippen LogP contribution in [0.5, 0.6) is 5.75 Å². The second-order valence-corrected chi connectivity index (χ2v) is 11.1. The van der Waals surface area contributed by atoms with Crippen molar-refractivity contribution in [1.29, 1.82) is 5.26 Å². The summed E-state index contributed by atoms with van der Waals surface area (Å²) in [6, 6.07) is 14.8. The predicted molar refractivity (Wildman–Crippen MR) is 128 cm³/mol. The van der Waals surface area contributed by atoms with E-state index in [4.69, 9.17) is 14.7 Å². The lowest BCUT2D eigenvalue weighted by Crippen LogP contribution is -2.52. The van der Waals surface area contributed by atoms with Gasteiger partial charge in [-0.15, -0.1) is 0 Å². The highest BCUT2D eigenvalue weighted by molar-refractivity contribution is 7.89. The molecular formula is C25H31N3O5S. The highest BCUT2D eigenvalue weighted by Gasteiger charge is 2.36. The highest BCUT2D eigenvalue weighted by atomic mass is 32.2. The van der Waals surface area contributed by atoms with E-state index < -0.39 is 27.8 Å². The smallest absolute Gasteiger partial charge is 0.410 e. The van der Waals surface area contributed by atoms with Crippen LogP contribution in [0.25, 0.3) is 0 Å². The molecule has 2 aromatic carbocycles. The minimum Gasteiger partial charge on any atom is -0.497 e. The average Bonchev–Trinajstić information content (AvgIpc) is 2.82. The summed E-state index contributed by atoms with van der Waals surface area (Å²) in [4.78, 5) is 14.4. The molecule has 0 N–H and O–H groups in total. The van der Waals surface area contributed by atoms with Gasteiger partial charge in [0.05, 0.1) is 23.6 Å². The fraction of sp³-hybridized carbons (Fsp3) is 0.440. The van der Waals surface area contributed by atoms with Crippen molar-refractivity contribution in [3.63, 3.8) is 0 Å². The first-order valence-corrected chi connectivity index (χ1v) is 12.6. The Hall–Kier alpha value is -3.09. The van der Waals surface area contributed by atoms with Crippen LogP contribution in [0, 0.1) is 11.3 Å². The van der Waals surface area contributed by atoms with Gasteiger partial charge in [-0.1, -0.05) is 12.1 Å². The first-order valence-electron chi connectivity index (χ1n) is 11.2. The van der Waals surface area contributed by atoms with E-state index in [1.807, 2.05) is 0 Å². The number of methoxy groups -OCH3 is 1. The normalized spacial score (nSPS) is 16.7. The third kappa shape index (κ3) is 6.27. The molecule has 3 rings (SSSR count). The second kappa shape index (κ2) is 10.5. The minimum atomic E-state index is -3.89.